The molecule has 0 saturated carbocycles. The summed E-state index contributed by atoms with van der Waals surface area (Å²) in [4.78, 5) is 62.4. The normalized spacial score (nSPS) is 20.8. The standard InChI is InChI=1S/C28H36O10S2/c1-16(2)14-40-15-19(13-39)20-11-27(25(33)34,7-9-37-23(31)17(3)4)28(26(35)36,12-21(20)22(29)30)8-10-38-24(32)18(5)6/h11-12,19,39H,1,3,5,7-10,13-15H2,2,4,6H3,(H,29,30)(H,33,34)(H,35,36). The van der Waals surface area contributed by atoms with Gasteiger partial charge in [-0.25, -0.2) is 14.4 Å². The first-order valence-corrected chi connectivity index (χ1v) is 14.0. The van der Waals surface area contributed by atoms with Crippen LogP contribution >= 0.6 is 24.4 Å². The fourth-order valence-electron chi connectivity index (χ4n) is 4.23. The molecule has 0 aromatic rings. The van der Waals surface area contributed by atoms with E-state index in [0.29, 0.717) is 11.5 Å². The van der Waals surface area contributed by atoms with Crippen molar-refractivity contribution in [1.29, 1.82) is 0 Å². The largest absolute Gasteiger partial charge is 0.481 e. The Hall–Kier alpha value is -3.25. The molecular formula is C28H36O10S2. The van der Waals surface area contributed by atoms with Gasteiger partial charge in [0.25, 0.3) is 0 Å². The van der Waals surface area contributed by atoms with Crippen LogP contribution in [-0.4, -0.2) is 75.6 Å². The number of carboxylic acid groups (broad SMARTS) is 3. The van der Waals surface area contributed by atoms with Crippen molar-refractivity contribution in [3.05, 3.63) is 59.8 Å². The molecule has 10 nitrogen and oxygen atoms in total. The Morgan fingerprint density at radius 2 is 1.32 bits per heavy atom. The van der Waals surface area contributed by atoms with Crippen LogP contribution < -0.4 is 0 Å². The highest BCUT2D eigenvalue weighted by molar-refractivity contribution is 7.99. The van der Waals surface area contributed by atoms with E-state index >= 15 is 0 Å². The SMILES string of the molecule is C=C(C)CSCC(CS)C1=CC(CCOC(=O)C(=C)C)(C(=O)O)C(CCOC(=O)C(=C)C)(C(=O)O)C=C1C(=O)O. The third-order valence-corrected chi connectivity index (χ3v) is 8.15. The summed E-state index contributed by atoms with van der Waals surface area (Å²) in [6.45, 7) is 14.3. The molecule has 0 aliphatic heterocycles. The van der Waals surface area contributed by atoms with E-state index in [-0.39, 0.29) is 28.0 Å². The monoisotopic (exact) mass is 596 g/mol. The smallest absolute Gasteiger partial charge is 0.335 e. The molecule has 0 heterocycles. The number of hydrogen-bond donors (Lipinski definition) is 4. The topological polar surface area (TPSA) is 164 Å². The third kappa shape index (κ3) is 8.14. The number of aliphatic carboxylic acids is 3. The average Bonchev–Trinajstić information content (AvgIpc) is 2.86. The molecule has 40 heavy (non-hydrogen) atoms. The molecule has 0 amide bonds. The minimum Gasteiger partial charge on any atom is -0.481 e. The Kier molecular flexibility index (Phi) is 13.0. The van der Waals surface area contributed by atoms with Crippen LogP contribution in [-0.2, 0) is 33.4 Å². The molecule has 3 atom stereocenters. The molecule has 0 spiro atoms. The quantitative estimate of drug-likeness (QED) is 0.0831. The van der Waals surface area contributed by atoms with Gasteiger partial charge in [0.1, 0.15) is 10.8 Å². The first kappa shape index (κ1) is 34.8. The van der Waals surface area contributed by atoms with Crippen LogP contribution in [0.2, 0.25) is 0 Å². The van der Waals surface area contributed by atoms with E-state index in [2.05, 4.69) is 32.4 Å². The van der Waals surface area contributed by atoms with Gasteiger partial charge in [-0.15, -0.1) is 0 Å². The lowest BCUT2D eigenvalue weighted by Gasteiger charge is -2.45. The van der Waals surface area contributed by atoms with Gasteiger partial charge in [-0.1, -0.05) is 37.5 Å². The molecule has 0 saturated heterocycles. The lowest BCUT2D eigenvalue weighted by Crippen LogP contribution is -2.54. The molecule has 1 aliphatic rings. The summed E-state index contributed by atoms with van der Waals surface area (Å²) in [5, 5.41) is 31.2. The second kappa shape index (κ2) is 14.9. The molecule has 3 unspecified atom stereocenters. The summed E-state index contributed by atoms with van der Waals surface area (Å²) in [5.41, 5.74) is -4.01. The van der Waals surface area contributed by atoms with Crippen LogP contribution in [0.15, 0.2) is 59.8 Å². The summed E-state index contributed by atoms with van der Waals surface area (Å²) in [6.07, 6.45) is 0.951. The fourth-order valence-corrected chi connectivity index (χ4v) is 5.78. The number of thioether (sulfide) groups is 1. The van der Waals surface area contributed by atoms with Crippen LogP contribution in [0.5, 0.6) is 0 Å². The number of carbonyl (C=O) groups excluding carboxylic acids is 2. The Labute approximate surface area is 243 Å². The number of thiol groups is 1. The van der Waals surface area contributed by atoms with E-state index < -0.39 is 72.6 Å². The predicted octanol–water partition coefficient (Wildman–Crippen LogP) is 3.95. The number of carbonyl (C=O) groups is 5. The maximum absolute atomic E-state index is 13.0. The molecule has 1 aliphatic carbocycles. The van der Waals surface area contributed by atoms with Crippen LogP contribution in [0.1, 0.15) is 33.6 Å². The summed E-state index contributed by atoms with van der Waals surface area (Å²) < 4.78 is 10.2. The van der Waals surface area contributed by atoms with E-state index in [1.165, 1.54) is 25.6 Å². The Morgan fingerprint density at radius 1 is 0.875 bits per heavy atom. The Bertz CT molecular complexity index is 1150. The Morgan fingerprint density at radius 3 is 1.68 bits per heavy atom. The number of esters is 2. The molecule has 0 bridgehead atoms. The molecule has 12 heteroatoms. The molecule has 0 fully saturated rings. The van der Waals surface area contributed by atoms with E-state index in [9.17, 15) is 39.3 Å². The van der Waals surface area contributed by atoms with Gasteiger partial charge in [0, 0.05) is 41.4 Å². The van der Waals surface area contributed by atoms with E-state index in [0.717, 1.165) is 17.7 Å². The van der Waals surface area contributed by atoms with Gasteiger partial charge in [-0.2, -0.15) is 24.4 Å². The molecule has 0 aromatic heterocycles. The van der Waals surface area contributed by atoms with Gasteiger partial charge in [0.2, 0.25) is 0 Å². The first-order valence-electron chi connectivity index (χ1n) is 12.2. The van der Waals surface area contributed by atoms with Gasteiger partial charge >= 0.3 is 29.8 Å². The highest BCUT2D eigenvalue weighted by atomic mass is 32.2. The lowest BCUT2D eigenvalue weighted by atomic mass is 9.55. The van der Waals surface area contributed by atoms with Crippen LogP contribution in [0, 0.1) is 16.7 Å². The van der Waals surface area contributed by atoms with Crippen molar-refractivity contribution in [1.82, 2.24) is 0 Å². The van der Waals surface area contributed by atoms with Crippen molar-refractivity contribution in [3.63, 3.8) is 0 Å². The van der Waals surface area contributed by atoms with E-state index in [4.69, 9.17) is 9.47 Å². The van der Waals surface area contributed by atoms with Crippen LogP contribution in [0.3, 0.4) is 0 Å². The van der Waals surface area contributed by atoms with Crippen molar-refractivity contribution in [3.8, 4) is 0 Å². The summed E-state index contributed by atoms with van der Waals surface area (Å²) >= 11 is 5.81. The van der Waals surface area contributed by atoms with Gasteiger partial charge in [-0.05, 0) is 32.1 Å². The predicted molar refractivity (Wildman–Crippen MR) is 154 cm³/mol. The molecule has 1 rings (SSSR count). The van der Waals surface area contributed by atoms with Gasteiger partial charge < -0.3 is 24.8 Å². The van der Waals surface area contributed by atoms with E-state index in [1.807, 2.05) is 6.92 Å². The molecule has 0 radical (unpaired) electrons. The number of ether oxygens (including phenoxy) is 2. The van der Waals surface area contributed by atoms with Crippen molar-refractivity contribution in [2.24, 2.45) is 16.7 Å². The second-order valence-electron chi connectivity index (χ2n) is 9.70. The maximum Gasteiger partial charge on any atom is 0.335 e. The van der Waals surface area contributed by atoms with Gasteiger partial charge in [0.15, 0.2) is 0 Å². The zero-order chi connectivity index (χ0) is 30.8. The summed E-state index contributed by atoms with van der Waals surface area (Å²) in [6, 6.07) is 0. The second-order valence-corrected chi connectivity index (χ2v) is 11.1. The van der Waals surface area contributed by atoms with Crippen molar-refractivity contribution in [2.75, 3.05) is 30.5 Å². The van der Waals surface area contributed by atoms with Crippen molar-refractivity contribution in [2.45, 2.75) is 33.6 Å². The Balaban J connectivity index is 3.84. The highest BCUT2D eigenvalue weighted by Crippen LogP contribution is 2.54. The molecule has 3 N–H and O–H groups in total. The molecule has 220 valence electrons. The minimum atomic E-state index is -2.40. The van der Waals surface area contributed by atoms with Crippen LogP contribution in [0.25, 0.3) is 0 Å². The molecule has 0 aromatic carbocycles. The number of carboxylic acids is 3. The summed E-state index contributed by atoms with van der Waals surface area (Å²) in [5.74, 6) is -5.84. The third-order valence-electron chi connectivity index (χ3n) is 6.38. The lowest BCUT2D eigenvalue weighted by molar-refractivity contribution is -0.170. The van der Waals surface area contributed by atoms with Crippen molar-refractivity contribution < 1.29 is 48.8 Å². The van der Waals surface area contributed by atoms with Crippen LogP contribution in [0.4, 0.5) is 0 Å². The zero-order valence-electron chi connectivity index (χ0n) is 22.9. The number of rotatable bonds is 17. The van der Waals surface area contributed by atoms with Gasteiger partial charge in [-0.3, -0.25) is 9.59 Å². The van der Waals surface area contributed by atoms with Gasteiger partial charge in [0.05, 0.1) is 18.8 Å². The highest BCUT2D eigenvalue weighted by Gasteiger charge is 2.61. The average molecular weight is 597 g/mol. The number of hydrogen-bond acceptors (Lipinski definition) is 9. The minimum absolute atomic E-state index is 0.0389. The molecular weight excluding hydrogens is 560 g/mol. The summed E-state index contributed by atoms with van der Waals surface area (Å²) in [7, 11) is 0. The van der Waals surface area contributed by atoms with Crippen molar-refractivity contribution >= 4 is 54.2 Å². The zero-order valence-corrected chi connectivity index (χ0v) is 24.6. The first-order chi connectivity index (χ1) is 18.6. The van der Waals surface area contributed by atoms with E-state index in [1.54, 1.807) is 0 Å². The fraction of sp³-hybridized carbons (Fsp3) is 0.464. The maximum atomic E-state index is 13.0.